The van der Waals surface area contributed by atoms with Crippen molar-refractivity contribution in [3.05, 3.63) is 17.0 Å². The molecule has 0 bridgehead atoms. The van der Waals surface area contributed by atoms with Crippen molar-refractivity contribution in [2.45, 2.75) is 47.6 Å². The molecule has 0 aliphatic heterocycles. The summed E-state index contributed by atoms with van der Waals surface area (Å²) >= 11 is 1.98. The number of rotatable bonds is 9. The molecule has 0 aliphatic rings. The number of hydrogen-bond donors (Lipinski definition) is 1. The van der Waals surface area contributed by atoms with E-state index in [2.05, 4.69) is 49.7 Å². The Labute approximate surface area is 122 Å². The Morgan fingerprint density at radius 1 is 1.32 bits per heavy atom. The van der Waals surface area contributed by atoms with Gasteiger partial charge in [0, 0.05) is 11.4 Å². The topological polar surface area (TPSA) is 29.9 Å². The first-order valence-electron chi connectivity index (χ1n) is 7.37. The summed E-state index contributed by atoms with van der Waals surface area (Å²) in [5.74, 6) is 3.06. The fourth-order valence-electron chi connectivity index (χ4n) is 2.21. The Hall–Kier alpha value is -0.480. The van der Waals surface area contributed by atoms with Crippen molar-refractivity contribution >= 4 is 11.8 Å². The van der Waals surface area contributed by atoms with E-state index in [4.69, 9.17) is 0 Å². The molecule has 0 saturated heterocycles. The first-order valence-corrected chi connectivity index (χ1v) is 8.53. The molecule has 0 atom stereocenters. The van der Waals surface area contributed by atoms with E-state index >= 15 is 0 Å². The molecule has 4 heteroatoms. The lowest BCUT2D eigenvalue weighted by Crippen LogP contribution is -2.22. The smallest absolute Gasteiger partial charge is 0.0628 e. The van der Waals surface area contributed by atoms with Crippen LogP contribution in [0.2, 0.25) is 0 Å². The van der Waals surface area contributed by atoms with Crippen LogP contribution in [0.15, 0.2) is 0 Å². The van der Waals surface area contributed by atoms with Crippen molar-refractivity contribution in [2.24, 2.45) is 5.92 Å². The van der Waals surface area contributed by atoms with Crippen LogP contribution in [0.5, 0.6) is 0 Å². The number of hydrogen-bond acceptors (Lipinski definition) is 3. The summed E-state index contributed by atoms with van der Waals surface area (Å²) in [6, 6.07) is 0. The quantitative estimate of drug-likeness (QED) is 0.707. The summed E-state index contributed by atoms with van der Waals surface area (Å²) in [7, 11) is 0. The van der Waals surface area contributed by atoms with Crippen LogP contribution >= 0.6 is 11.8 Å². The molecule has 19 heavy (non-hydrogen) atoms. The number of nitrogens with zero attached hydrogens (tertiary/aromatic N) is 2. The summed E-state index contributed by atoms with van der Waals surface area (Å²) in [5, 5.41) is 8.18. The Morgan fingerprint density at radius 3 is 2.68 bits per heavy atom. The standard InChI is InChI=1S/C15H29N3S/c1-6-19-10-9-18-14(5)15(13(4)17-18)7-8-16-11-12(2)3/h12,16H,6-11H2,1-5H3. The van der Waals surface area contributed by atoms with Gasteiger partial charge in [0.2, 0.25) is 0 Å². The van der Waals surface area contributed by atoms with Crippen molar-refractivity contribution in [1.82, 2.24) is 15.1 Å². The number of nitrogens with one attached hydrogen (secondary N) is 1. The summed E-state index contributed by atoms with van der Waals surface area (Å²) < 4.78 is 2.18. The van der Waals surface area contributed by atoms with Gasteiger partial charge in [-0.1, -0.05) is 20.8 Å². The Balaban J connectivity index is 2.49. The van der Waals surface area contributed by atoms with Crippen LogP contribution in [0.25, 0.3) is 0 Å². The van der Waals surface area contributed by atoms with Crippen molar-refractivity contribution in [2.75, 3.05) is 24.6 Å². The van der Waals surface area contributed by atoms with Crippen molar-refractivity contribution in [3.63, 3.8) is 0 Å². The Kier molecular flexibility index (Phi) is 7.54. The van der Waals surface area contributed by atoms with Crippen LogP contribution in [-0.2, 0) is 13.0 Å². The Bertz CT molecular complexity index is 372. The van der Waals surface area contributed by atoms with Crippen molar-refractivity contribution in [1.29, 1.82) is 0 Å². The zero-order chi connectivity index (χ0) is 14.3. The fraction of sp³-hybridized carbons (Fsp3) is 0.800. The minimum Gasteiger partial charge on any atom is -0.316 e. The van der Waals surface area contributed by atoms with Gasteiger partial charge in [-0.25, -0.2) is 0 Å². The molecule has 1 aromatic heterocycles. The predicted octanol–water partition coefficient (Wildman–Crippen LogP) is 3.04. The van der Waals surface area contributed by atoms with E-state index in [-0.39, 0.29) is 0 Å². The highest BCUT2D eigenvalue weighted by Gasteiger charge is 2.10. The first-order chi connectivity index (χ1) is 9.06. The second-order valence-corrected chi connectivity index (χ2v) is 6.81. The SMILES string of the molecule is CCSCCn1nc(C)c(CCNCC(C)C)c1C. The van der Waals surface area contributed by atoms with E-state index < -0.39 is 0 Å². The molecule has 1 heterocycles. The number of thioether (sulfide) groups is 1. The van der Waals surface area contributed by atoms with Gasteiger partial charge in [0.05, 0.1) is 12.2 Å². The van der Waals surface area contributed by atoms with Crippen LogP contribution in [0.4, 0.5) is 0 Å². The molecule has 0 aromatic carbocycles. The monoisotopic (exact) mass is 283 g/mol. The summed E-state index contributed by atoms with van der Waals surface area (Å²) in [5.41, 5.74) is 3.98. The van der Waals surface area contributed by atoms with Gasteiger partial charge in [-0.05, 0) is 50.6 Å². The molecule has 0 unspecified atom stereocenters. The molecule has 0 fully saturated rings. The van der Waals surface area contributed by atoms with Crippen molar-refractivity contribution in [3.8, 4) is 0 Å². The molecular formula is C15H29N3S. The molecule has 3 nitrogen and oxygen atoms in total. The van der Waals surface area contributed by atoms with Gasteiger partial charge in [0.25, 0.3) is 0 Å². The lowest BCUT2D eigenvalue weighted by molar-refractivity contribution is 0.553. The van der Waals surface area contributed by atoms with Crippen molar-refractivity contribution < 1.29 is 0 Å². The van der Waals surface area contributed by atoms with Crippen LogP contribution in [0.3, 0.4) is 0 Å². The van der Waals surface area contributed by atoms with Gasteiger partial charge in [-0.3, -0.25) is 4.68 Å². The van der Waals surface area contributed by atoms with Crippen LogP contribution in [0, 0.1) is 19.8 Å². The van der Waals surface area contributed by atoms with Gasteiger partial charge in [0.15, 0.2) is 0 Å². The van der Waals surface area contributed by atoms with Crippen LogP contribution < -0.4 is 5.32 Å². The summed E-state index contributed by atoms with van der Waals surface area (Å²) in [4.78, 5) is 0. The molecule has 1 rings (SSSR count). The minimum atomic E-state index is 0.719. The molecule has 0 saturated carbocycles. The van der Waals surface area contributed by atoms with Gasteiger partial charge >= 0.3 is 0 Å². The molecule has 0 radical (unpaired) electrons. The average molecular weight is 283 g/mol. The normalized spacial score (nSPS) is 11.5. The molecule has 1 N–H and O–H groups in total. The van der Waals surface area contributed by atoms with E-state index in [1.807, 2.05) is 11.8 Å². The average Bonchev–Trinajstić information content (AvgIpc) is 2.61. The highest BCUT2D eigenvalue weighted by atomic mass is 32.2. The maximum Gasteiger partial charge on any atom is 0.0628 e. The maximum atomic E-state index is 4.67. The van der Waals surface area contributed by atoms with Crippen LogP contribution in [-0.4, -0.2) is 34.4 Å². The second-order valence-electron chi connectivity index (χ2n) is 5.42. The molecule has 0 amide bonds. The number of aromatic nitrogens is 2. The first kappa shape index (κ1) is 16.6. The molecule has 1 aromatic rings. The number of aryl methyl sites for hydroxylation is 2. The zero-order valence-electron chi connectivity index (χ0n) is 13.1. The largest absolute Gasteiger partial charge is 0.316 e. The van der Waals surface area contributed by atoms with Gasteiger partial charge in [-0.15, -0.1) is 0 Å². The predicted molar refractivity (Wildman–Crippen MR) is 86.1 cm³/mol. The van der Waals surface area contributed by atoms with E-state index in [9.17, 15) is 0 Å². The second kappa shape index (κ2) is 8.64. The lowest BCUT2D eigenvalue weighted by Gasteiger charge is -2.08. The highest BCUT2D eigenvalue weighted by molar-refractivity contribution is 7.99. The lowest BCUT2D eigenvalue weighted by atomic mass is 10.1. The van der Waals surface area contributed by atoms with E-state index in [1.54, 1.807) is 0 Å². The third-order valence-electron chi connectivity index (χ3n) is 3.29. The molecule has 0 spiro atoms. The van der Waals surface area contributed by atoms with E-state index in [0.717, 1.165) is 37.7 Å². The maximum absolute atomic E-state index is 4.67. The highest BCUT2D eigenvalue weighted by Crippen LogP contribution is 2.14. The van der Waals surface area contributed by atoms with Crippen LogP contribution in [0.1, 0.15) is 37.7 Å². The van der Waals surface area contributed by atoms with Gasteiger partial charge in [-0.2, -0.15) is 16.9 Å². The fourth-order valence-corrected chi connectivity index (χ4v) is 2.80. The molecule has 110 valence electrons. The Morgan fingerprint density at radius 2 is 2.05 bits per heavy atom. The summed E-state index contributed by atoms with van der Waals surface area (Å²) in [6.07, 6.45) is 1.09. The third kappa shape index (κ3) is 5.57. The molecular weight excluding hydrogens is 254 g/mol. The van der Waals surface area contributed by atoms with E-state index in [1.165, 1.54) is 22.7 Å². The van der Waals surface area contributed by atoms with E-state index in [0.29, 0.717) is 0 Å². The summed E-state index contributed by atoms with van der Waals surface area (Å²) in [6.45, 7) is 14.2. The third-order valence-corrected chi connectivity index (χ3v) is 4.17. The minimum absolute atomic E-state index is 0.719. The van der Waals surface area contributed by atoms with Gasteiger partial charge in [0.1, 0.15) is 0 Å². The van der Waals surface area contributed by atoms with Gasteiger partial charge < -0.3 is 5.32 Å². The molecule has 0 aliphatic carbocycles. The zero-order valence-corrected chi connectivity index (χ0v) is 13.9.